The minimum Gasteiger partial charge on any atom is -0.370 e. The van der Waals surface area contributed by atoms with E-state index in [1.807, 2.05) is 24.3 Å². The van der Waals surface area contributed by atoms with Gasteiger partial charge in [-0.1, -0.05) is 28.1 Å². The van der Waals surface area contributed by atoms with Gasteiger partial charge >= 0.3 is 0 Å². The molecule has 0 radical (unpaired) electrons. The van der Waals surface area contributed by atoms with Crippen molar-refractivity contribution in [2.75, 3.05) is 24.6 Å². The van der Waals surface area contributed by atoms with Gasteiger partial charge in [0.15, 0.2) is 0 Å². The van der Waals surface area contributed by atoms with Crippen LogP contribution in [-0.2, 0) is 4.74 Å². The highest BCUT2D eigenvalue weighted by Crippen LogP contribution is 2.26. The number of hydrogen-bond donors (Lipinski definition) is 0. The summed E-state index contributed by atoms with van der Waals surface area (Å²) in [4.78, 5) is 16.5. The third-order valence-corrected chi connectivity index (χ3v) is 4.10. The smallest absolute Gasteiger partial charge is 0.287 e. The van der Waals surface area contributed by atoms with Crippen LogP contribution in [0.25, 0.3) is 0 Å². The molecule has 1 aromatic heterocycles. The summed E-state index contributed by atoms with van der Waals surface area (Å²) in [5.41, 5.74) is 1.11. The van der Waals surface area contributed by atoms with Crippen molar-refractivity contribution in [1.29, 1.82) is 0 Å². The van der Waals surface area contributed by atoms with Crippen molar-refractivity contribution in [3.05, 3.63) is 62.7 Å². The van der Waals surface area contributed by atoms with Crippen LogP contribution >= 0.6 is 15.9 Å². The number of aromatic nitrogens is 1. The molecule has 0 bridgehead atoms. The quantitative estimate of drug-likeness (QED) is 0.617. The molecule has 6 nitrogen and oxygen atoms in total. The maximum Gasteiger partial charge on any atom is 0.287 e. The zero-order chi connectivity index (χ0) is 15.5. The predicted octanol–water partition coefficient (Wildman–Crippen LogP) is 3.33. The largest absolute Gasteiger partial charge is 0.370 e. The van der Waals surface area contributed by atoms with Crippen molar-refractivity contribution in [3.8, 4) is 0 Å². The fraction of sp³-hybridized carbons (Fsp3) is 0.267. The molecule has 0 saturated carbocycles. The number of nitrogens with zero attached hydrogens (tertiary/aromatic N) is 3. The molecule has 0 N–H and O–H groups in total. The SMILES string of the molecule is O=[N+]([O-])c1ccc(N2CCO[C@@H](c3ccc(Br)cc3)C2)nc1. The van der Waals surface area contributed by atoms with Crippen molar-refractivity contribution in [1.82, 2.24) is 4.98 Å². The van der Waals surface area contributed by atoms with Gasteiger partial charge in [-0.15, -0.1) is 0 Å². The second kappa shape index (κ2) is 6.41. The maximum absolute atomic E-state index is 10.7. The van der Waals surface area contributed by atoms with Gasteiger partial charge in [0.2, 0.25) is 0 Å². The number of nitro groups is 1. The summed E-state index contributed by atoms with van der Waals surface area (Å²) < 4.78 is 6.85. The fourth-order valence-corrected chi connectivity index (χ4v) is 2.67. The molecule has 1 atom stereocenters. The fourth-order valence-electron chi connectivity index (χ4n) is 2.41. The molecule has 1 aliphatic rings. The first-order chi connectivity index (χ1) is 10.6. The Bertz CT molecular complexity index is 661. The number of ether oxygens (including phenoxy) is 1. The molecule has 1 fully saturated rings. The normalized spacial score (nSPS) is 18.2. The Balaban J connectivity index is 1.75. The van der Waals surface area contributed by atoms with Crippen LogP contribution in [0.4, 0.5) is 11.5 Å². The Morgan fingerprint density at radius 2 is 2.05 bits per heavy atom. The predicted molar refractivity (Wildman–Crippen MR) is 85.9 cm³/mol. The molecule has 3 rings (SSSR count). The second-order valence-corrected chi connectivity index (χ2v) is 5.90. The van der Waals surface area contributed by atoms with Crippen LogP contribution in [0.1, 0.15) is 11.7 Å². The lowest BCUT2D eigenvalue weighted by atomic mass is 10.1. The van der Waals surface area contributed by atoms with Gasteiger partial charge in [-0.05, 0) is 23.8 Å². The van der Waals surface area contributed by atoms with Crippen LogP contribution in [-0.4, -0.2) is 29.6 Å². The summed E-state index contributed by atoms with van der Waals surface area (Å²) in [6.07, 6.45) is 1.26. The lowest BCUT2D eigenvalue weighted by Gasteiger charge is -2.33. The van der Waals surface area contributed by atoms with Gasteiger partial charge in [0.25, 0.3) is 5.69 Å². The number of halogens is 1. The Morgan fingerprint density at radius 1 is 1.27 bits per heavy atom. The average molecular weight is 364 g/mol. The summed E-state index contributed by atoms with van der Waals surface area (Å²) in [6.45, 7) is 1.99. The van der Waals surface area contributed by atoms with Gasteiger partial charge in [0, 0.05) is 23.6 Å². The molecule has 0 aliphatic carbocycles. The first-order valence-electron chi connectivity index (χ1n) is 6.86. The first kappa shape index (κ1) is 14.9. The van der Waals surface area contributed by atoms with Crippen LogP contribution in [0.2, 0.25) is 0 Å². The van der Waals surface area contributed by atoms with Crippen LogP contribution in [0.5, 0.6) is 0 Å². The molecule has 2 heterocycles. The van der Waals surface area contributed by atoms with E-state index in [1.165, 1.54) is 12.3 Å². The van der Waals surface area contributed by atoms with Crippen molar-refractivity contribution in [2.24, 2.45) is 0 Å². The maximum atomic E-state index is 10.7. The van der Waals surface area contributed by atoms with E-state index >= 15 is 0 Å². The third-order valence-electron chi connectivity index (χ3n) is 3.58. The number of morpholine rings is 1. The van der Waals surface area contributed by atoms with E-state index < -0.39 is 4.92 Å². The third kappa shape index (κ3) is 3.26. The summed E-state index contributed by atoms with van der Waals surface area (Å²) in [7, 11) is 0. The summed E-state index contributed by atoms with van der Waals surface area (Å²) in [6, 6.07) is 11.2. The van der Waals surface area contributed by atoms with Crippen LogP contribution in [0.3, 0.4) is 0 Å². The molecule has 0 spiro atoms. The summed E-state index contributed by atoms with van der Waals surface area (Å²) in [5.74, 6) is 0.732. The van der Waals surface area contributed by atoms with E-state index in [1.54, 1.807) is 6.07 Å². The number of anilines is 1. The highest BCUT2D eigenvalue weighted by atomic mass is 79.9. The Kier molecular flexibility index (Phi) is 4.35. The van der Waals surface area contributed by atoms with Gasteiger partial charge < -0.3 is 9.64 Å². The minimum absolute atomic E-state index is 0.00136. The van der Waals surface area contributed by atoms with Gasteiger partial charge in [0.1, 0.15) is 18.1 Å². The lowest BCUT2D eigenvalue weighted by Crippen LogP contribution is -2.38. The molecule has 7 heteroatoms. The molecule has 1 aromatic carbocycles. The zero-order valence-electron chi connectivity index (χ0n) is 11.7. The monoisotopic (exact) mass is 363 g/mol. The lowest BCUT2D eigenvalue weighted by molar-refractivity contribution is -0.385. The van der Waals surface area contributed by atoms with E-state index in [9.17, 15) is 10.1 Å². The minimum atomic E-state index is -0.444. The van der Waals surface area contributed by atoms with E-state index in [2.05, 4.69) is 25.8 Å². The molecule has 0 unspecified atom stereocenters. The van der Waals surface area contributed by atoms with Crippen molar-refractivity contribution < 1.29 is 9.66 Å². The highest BCUT2D eigenvalue weighted by Gasteiger charge is 2.23. The van der Waals surface area contributed by atoms with Crippen LogP contribution < -0.4 is 4.90 Å². The van der Waals surface area contributed by atoms with Crippen LogP contribution in [0, 0.1) is 10.1 Å². The molecular weight excluding hydrogens is 350 g/mol. The van der Waals surface area contributed by atoms with Gasteiger partial charge in [-0.3, -0.25) is 10.1 Å². The number of benzene rings is 1. The molecule has 114 valence electrons. The molecule has 0 amide bonds. The van der Waals surface area contributed by atoms with E-state index in [0.29, 0.717) is 13.2 Å². The molecular formula is C15H14BrN3O3. The molecule has 2 aromatic rings. The number of pyridine rings is 1. The summed E-state index contributed by atoms with van der Waals surface area (Å²) >= 11 is 3.42. The van der Waals surface area contributed by atoms with Crippen molar-refractivity contribution in [2.45, 2.75) is 6.10 Å². The van der Waals surface area contributed by atoms with Gasteiger partial charge in [-0.25, -0.2) is 4.98 Å². The second-order valence-electron chi connectivity index (χ2n) is 4.99. The van der Waals surface area contributed by atoms with Crippen molar-refractivity contribution >= 4 is 27.4 Å². The zero-order valence-corrected chi connectivity index (χ0v) is 13.3. The first-order valence-corrected chi connectivity index (χ1v) is 7.65. The van der Waals surface area contributed by atoms with E-state index in [-0.39, 0.29) is 11.8 Å². The number of hydrogen-bond acceptors (Lipinski definition) is 5. The molecule has 22 heavy (non-hydrogen) atoms. The van der Waals surface area contributed by atoms with Crippen molar-refractivity contribution in [3.63, 3.8) is 0 Å². The summed E-state index contributed by atoms with van der Waals surface area (Å²) in [5, 5.41) is 10.7. The van der Waals surface area contributed by atoms with Crippen LogP contribution in [0.15, 0.2) is 47.1 Å². The Labute approximate surface area is 136 Å². The average Bonchev–Trinajstić information content (AvgIpc) is 2.56. The topological polar surface area (TPSA) is 68.5 Å². The number of rotatable bonds is 3. The highest BCUT2D eigenvalue weighted by molar-refractivity contribution is 9.10. The van der Waals surface area contributed by atoms with E-state index in [4.69, 9.17) is 4.74 Å². The Hall–Kier alpha value is -1.99. The van der Waals surface area contributed by atoms with Gasteiger partial charge in [0.05, 0.1) is 11.5 Å². The Morgan fingerprint density at radius 3 is 2.68 bits per heavy atom. The van der Waals surface area contributed by atoms with E-state index in [0.717, 1.165) is 22.4 Å². The molecule has 1 saturated heterocycles. The molecule has 1 aliphatic heterocycles. The standard InChI is InChI=1S/C15H14BrN3O3/c16-12-3-1-11(2-4-12)14-10-18(7-8-22-14)15-6-5-13(9-17-15)19(20)21/h1-6,9,14H,7-8,10H2/t14-/m1/s1. The van der Waals surface area contributed by atoms with Gasteiger partial charge in [-0.2, -0.15) is 0 Å².